The highest BCUT2D eigenvalue weighted by molar-refractivity contribution is 5.85. The van der Waals surface area contributed by atoms with E-state index < -0.39 is 11.6 Å². The summed E-state index contributed by atoms with van der Waals surface area (Å²) in [5, 5.41) is 0. The van der Waals surface area contributed by atoms with Crippen molar-refractivity contribution in [3.63, 3.8) is 0 Å². The van der Waals surface area contributed by atoms with E-state index in [0.717, 1.165) is 19.5 Å². The number of halogens is 3. The number of fused-ring (bicyclic) bond motifs is 1. The van der Waals surface area contributed by atoms with E-state index in [-0.39, 0.29) is 24.0 Å². The molecule has 1 aromatic carbocycles. The number of nitrogens with zero attached hydrogens (tertiary/aromatic N) is 1. The van der Waals surface area contributed by atoms with Crippen LogP contribution in [0.3, 0.4) is 0 Å². The molecule has 0 radical (unpaired) electrons. The molecular formula is C15H21ClF2N2. The summed E-state index contributed by atoms with van der Waals surface area (Å²) in [5.74, 6) is 0.223. The number of benzene rings is 1. The van der Waals surface area contributed by atoms with E-state index in [1.807, 2.05) is 0 Å². The van der Waals surface area contributed by atoms with Gasteiger partial charge in [0.1, 0.15) is 11.6 Å². The van der Waals surface area contributed by atoms with Crippen LogP contribution in [-0.4, -0.2) is 24.0 Å². The standard InChI is InChI=1S/C15H20F2N2.ClH/c16-13-4-2-5-14(17)12(13)9-19-7-10-3-1-6-15(18)11(10)8-19;/h2,4-5,10-11,15H,1,3,6-9,18H2;1H. The molecule has 2 fully saturated rings. The molecule has 0 aromatic heterocycles. The Bertz CT molecular complexity index is 449. The van der Waals surface area contributed by atoms with Crippen LogP contribution >= 0.6 is 12.4 Å². The third-order valence-electron chi connectivity index (χ3n) is 4.67. The van der Waals surface area contributed by atoms with Crippen molar-refractivity contribution in [1.29, 1.82) is 0 Å². The Morgan fingerprint density at radius 1 is 1.15 bits per heavy atom. The van der Waals surface area contributed by atoms with Gasteiger partial charge in [-0.25, -0.2) is 8.78 Å². The molecule has 1 saturated heterocycles. The summed E-state index contributed by atoms with van der Waals surface area (Å²) in [6.45, 7) is 2.16. The van der Waals surface area contributed by atoms with Crippen molar-refractivity contribution in [2.24, 2.45) is 17.6 Å². The van der Waals surface area contributed by atoms with Crippen LogP contribution in [0.1, 0.15) is 24.8 Å². The summed E-state index contributed by atoms with van der Waals surface area (Å²) in [7, 11) is 0. The second kappa shape index (κ2) is 6.37. The summed E-state index contributed by atoms with van der Waals surface area (Å²) >= 11 is 0. The Kier molecular flexibility index (Phi) is 4.99. The van der Waals surface area contributed by atoms with Crippen molar-refractivity contribution in [3.05, 3.63) is 35.4 Å². The third kappa shape index (κ3) is 2.97. The first-order valence-corrected chi connectivity index (χ1v) is 7.06. The van der Waals surface area contributed by atoms with Crippen LogP contribution in [0.5, 0.6) is 0 Å². The van der Waals surface area contributed by atoms with Gasteiger partial charge in [0.15, 0.2) is 0 Å². The SMILES string of the molecule is Cl.NC1CCCC2CN(Cc3c(F)cccc3F)CC12. The molecule has 2 N–H and O–H groups in total. The zero-order chi connectivity index (χ0) is 13.4. The summed E-state index contributed by atoms with van der Waals surface area (Å²) < 4.78 is 27.3. The minimum Gasteiger partial charge on any atom is -0.327 e. The van der Waals surface area contributed by atoms with Crippen molar-refractivity contribution in [3.8, 4) is 0 Å². The molecule has 3 atom stereocenters. The summed E-state index contributed by atoms with van der Waals surface area (Å²) in [4.78, 5) is 2.15. The van der Waals surface area contributed by atoms with Gasteiger partial charge in [-0.2, -0.15) is 0 Å². The van der Waals surface area contributed by atoms with Crippen molar-refractivity contribution < 1.29 is 8.78 Å². The van der Waals surface area contributed by atoms with Gasteiger partial charge in [0.05, 0.1) is 0 Å². The topological polar surface area (TPSA) is 29.3 Å². The van der Waals surface area contributed by atoms with Crippen molar-refractivity contribution in [2.45, 2.75) is 31.8 Å². The lowest BCUT2D eigenvalue weighted by Crippen LogP contribution is -2.38. The van der Waals surface area contributed by atoms with Crippen LogP contribution in [0.15, 0.2) is 18.2 Å². The van der Waals surface area contributed by atoms with E-state index >= 15 is 0 Å². The van der Waals surface area contributed by atoms with Crippen LogP contribution in [0, 0.1) is 23.5 Å². The second-order valence-electron chi connectivity index (χ2n) is 5.91. The highest BCUT2D eigenvalue weighted by Crippen LogP contribution is 2.36. The largest absolute Gasteiger partial charge is 0.327 e. The molecule has 0 amide bonds. The van der Waals surface area contributed by atoms with E-state index in [0.29, 0.717) is 18.4 Å². The van der Waals surface area contributed by atoms with Crippen LogP contribution < -0.4 is 5.73 Å². The van der Waals surface area contributed by atoms with E-state index in [4.69, 9.17) is 5.73 Å². The van der Waals surface area contributed by atoms with Gasteiger partial charge in [-0.3, -0.25) is 4.90 Å². The molecule has 1 aromatic rings. The third-order valence-corrected chi connectivity index (χ3v) is 4.67. The fourth-order valence-electron chi connectivity index (χ4n) is 3.65. The lowest BCUT2D eigenvalue weighted by molar-refractivity contribution is 0.259. The average Bonchev–Trinajstić information content (AvgIpc) is 2.78. The maximum atomic E-state index is 13.7. The van der Waals surface area contributed by atoms with Crippen LogP contribution in [0.4, 0.5) is 8.78 Å². The fraction of sp³-hybridized carbons (Fsp3) is 0.600. The average molecular weight is 303 g/mol. The Balaban J connectivity index is 0.00000147. The number of hydrogen-bond donors (Lipinski definition) is 1. The lowest BCUT2D eigenvalue weighted by atomic mass is 9.78. The molecule has 1 aliphatic heterocycles. The minimum absolute atomic E-state index is 0. The van der Waals surface area contributed by atoms with Crippen molar-refractivity contribution >= 4 is 12.4 Å². The molecule has 2 nitrogen and oxygen atoms in total. The first kappa shape index (κ1) is 15.7. The normalized spacial score (nSPS) is 29.9. The van der Waals surface area contributed by atoms with Crippen LogP contribution in [-0.2, 0) is 6.54 Å². The van der Waals surface area contributed by atoms with E-state index in [9.17, 15) is 8.78 Å². The molecule has 0 spiro atoms. The first-order chi connectivity index (χ1) is 9.15. The monoisotopic (exact) mass is 302 g/mol. The van der Waals surface area contributed by atoms with Crippen molar-refractivity contribution in [1.82, 2.24) is 4.90 Å². The smallest absolute Gasteiger partial charge is 0.130 e. The highest BCUT2D eigenvalue weighted by atomic mass is 35.5. The molecule has 1 heterocycles. The maximum Gasteiger partial charge on any atom is 0.130 e. The number of likely N-dealkylation sites (tertiary alicyclic amines) is 1. The van der Waals surface area contributed by atoms with Gasteiger partial charge in [-0.05, 0) is 36.8 Å². The van der Waals surface area contributed by atoms with Crippen molar-refractivity contribution in [2.75, 3.05) is 13.1 Å². The molecule has 112 valence electrons. The van der Waals surface area contributed by atoms with E-state index in [1.165, 1.54) is 31.0 Å². The Hall–Kier alpha value is -0.710. The Morgan fingerprint density at radius 3 is 2.50 bits per heavy atom. The van der Waals surface area contributed by atoms with Gasteiger partial charge in [0, 0.05) is 31.2 Å². The summed E-state index contributed by atoms with van der Waals surface area (Å²) in [5.41, 5.74) is 6.35. The molecule has 1 saturated carbocycles. The molecule has 5 heteroatoms. The fourth-order valence-corrected chi connectivity index (χ4v) is 3.65. The molecular weight excluding hydrogens is 282 g/mol. The zero-order valence-corrected chi connectivity index (χ0v) is 12.2. The van der Waals surface area contributed by atoms with E-state index in [1.54, 1.807) is 0 Å². The van der Waals surface area contributed by atoms with Gasteiger partial charge >= 0.3 is 0 Å². The molecule has 3 rings (SSSR count). The van der Waals surface area contributed by atoms with Gasteiger partial charge < -0.3 is 5.73 Å². The summed E-state index contributed by atoms with van der Waals surface area (Å²) in [6, 6.07) is 4.32. The highest BCUT2D eigenvalue weighted by Gasteiger charge is 2.38. The van der Waals surface area contributed by atoms with Gasteiger partial charge in [0.2, 0.25) is 0 Å². The first-order valence-electron chi connectivity index (χ1n) is 7.06. The molecule has 2 aliphatic rings. The Labute approximate surface area is 124 Å². The maximum absolute atomic E-state index is 13.7. The number of rotatable bonds is 2. The predicted octanol–water partition coefficient (Wildman–Crippen LogP) is 2.95. The molecule has 1 aliphatic carbocycles. The molecule has 20 heavy (non-hydrogen) atoms. The van der Waals surface area contributed by atoms with Gasteiger partial charge in [0.25, 0.3) is 0 Å². The number of hydrogen-bond acceptors (Lipinski definition) is 2. The van der Waals surface area contributed by atoms with Gasteiger partial charge in [-0.15, -0.1) is 12.4 Å². The van der Waals surface area contributed by atoms with Gasteiger partial charge in [-0.1, -0.05) is 12.5 Å². The number of nitrogens with two attached hydrogens (primary N) is 1. The second-order valence-corrected chi connectivity index (χ2v) is 5.91. The lowest BCUT2D eigenvalue weighted by Gasteiger charge is -2.29. The Morgan fingerprint density at radius 2 is 1.85 bits per heavy atom. The van der Waals surface area contributed by atoms with E-state index in [2.05, 4.69) is 4.90 Å². The molecule has 3 unspecified atom stereocenters. The quantitative estimate of drug-likeness (QED) is 0.910. The van der Waals surface area contributed by atoms with Crippen LogP contribution in [0.25, 0.3) is 0 Å². The minimum atomic E-state index is -0.445. The zero-order valence-electron chi connectivity index (χ0n) is 11.4. The van der Waals surface area contributed by atoms with Crippen LogP contribution in [0.2, 0.25) is 0 Å². The summed E-state index contributed by atoms with van der Waals surface area (Å²) in [6.07, 6.45) is 3.47. The molecule has 0 bridgehead atoms. The predicted molar refractivity (Wildman–Crippen MR) is 77.7 cm³/mol.